The molecule has 1 fully saturated rings. The number of nitrogens with zero attached hydrogens (tertiary/aromatic N) is 2. The molecule has 0 radical (unpaired) electrons. The highest BCUT2D eigenvalue weighted by Crippen LogP contribution is 2.26. The summed E-state index contributed by atoms with van der Waals surface area (Å²) >= 11 is 1.49. The number of rotatable bonds is 5. The van der Waals surface area contributed by atoms with Crippen LogP contribution < -0.4 is 5.32 Å². The van der Waals surface area contributed by atoms with Crippen molar-refractivity contribution in [2.45, 2.75) is 24.7 Å². The molecule has 0 bridgehead atoms. The van der Waals surface area contributed by atoms with E-state index >= 15 is 0 Å². The Morgan fingerprint density at radius 3 is 2.76 bits per heavy atom. The third kappa shape index (κ3) is 4.26. The summed E-state index contributed by atoms with van der Waals surface area (Å²) < 4.78 is 32.4. The molecule has 29 heavy (non-hydrogen) atoms. The molecule has 152 valence electrons. The summed E-state index contributed by atoms with van der Waals surface area (Å²) in [6, 6.07) is 11.6. The zero-order valence-electron chi connectivity index (χ0n) is 15.9. The first kappa shape index (κ1) is 19.8. The van der Waals surface area contributed by atoms with Crippen LogP contribution in [0.5, 0.6) is 0 Å². The van der Waals surface area contributed by atoms with Gasteiger partial charge in [0.15, 0.2) is 11.5 Å². The minimum absolute atomic E-state index is 0.160. The monoisotopic (exact) mass is 431 g/mol. The van der Waals surface area contributed by atoms with Crippen LogP contribution in [-0.4, -0.2) is 36.9 Å². The summed E-state index contributed by atoms with van der Waals surface area (Å²) in [5, 5.41) is 8.44. The van der Waals surface area contributed by atoms with Crippen LogP contribution in [-0.2, 0) is 10.0 Å². The van der Waals surface area contributed by atoms with Gasteiger partial charge < -0.3 is 9.84 Å². The second kappa shape index (κ2) is 8.10. The van der Waals surface area contributed by atoms with E-state index in [2.05, 4.69) is 17.4 Å². The van der Waals surface area contributed by atoms with Crippen molar-refractivity contribution >= 4 is 33.0 Å². The molecule has 1 aliphatic rings. The Morgan fingerprint density at radius 1 is 1.28 bits per heavy atom. The van der Waals surface area contributed by atoms with Crippen molar-refractivity contribution in [2.75, 3.05) is 18.4 Å². The van der Waals surface area contributed by atoms with Crippen molar-refractivity contribution in [2.24, 2.45) is 5.92 Å². The zero-order chi connectivity index (χ0) is 20.4. The van der Waals surface area contributed by atoms with Gasteiger partial charge >= 0.3 is 0 Å². The predicted molar refractivity (Wildman–Crippen MR) is 111 cm³/mol. The van der Waals surface area contributed by atoms with Gasteiger partial charge in [-0.25, -0.2) is 8.42 Å². The number of amides is 1. The highest BCUT2D eigenvalue weighted by Gasteiger charge is 2.28. The highest BCUT2D eigenvalue weighted by molar-refractivity contribution is 7.89. The van der Waals surface area contributed by atoms with Crippen molar-refractivity contribution in [1.29, 1.82) is 0 Å². The lowest BCUT2D eigenvalue weighted by molar-refractivity contribution is 0.101. The van der Waals surface area contributed by atoms with Gasteiger partial charge in [0.2, 0.25) is 10.0 Å². The number of piperidine rings is 1. The van der Waals surface area contributed by atoms with Gasteiger partial charge in [-0.1, -0.05) is 18.1 Å². The fourth-order valence-corrected chi connectivity index (χ4v) is 5.61. The maximum atomic E-state index is 12.8. The van der Waals surface area contributed by atoms with Gasteiger partial charge in [-0.3, -0.25) is 4.79 Å². The largest absolute Gasteiger partial charge is 0.355 e. The molecule has 7 nitrogen and oxygen atoms in total. The van der Waals surface area contributed by atoms with Crippen molar-refractivity contribution in [3.8, 4) is 10.6 Å². The van der Waals surface area contributed by atoms with Gasteiger partial charge in [0.1, 0.15) is 0 Å². The molecule has 1 aromatic carbocycles. The molecule has 1 amide bonds. The topological polar surface area (TPSA) is 92.5 Å². The van der Waals surface area contributed by atoms with Crippen molar-refractivity contribution in [1.82, 2.24) is 9.46 Å². The molecule has 3 aromatic rings. The number of carbonyl (C=O) groups is 1. The average molecular weight is 432 g/mol. The molecule has 0 spiro atoms. The van der Waals surface area contributed by atoms with Crippen LogP contribution in [0.1, 0.15) is 30.3 Å². The third-order valence-corrected chi connectivity index (χ3v) is 7.64. The molecule has 3 heterocycles. The number of anilines is 1. The van der Waals surface area contributed by atoms with E-state index in [-0.39, 0.29) is 10.6 Å². The molecule has 1 N–H and O–H groups in total. The number of aromatic nitrogens is 1. The van der Waals surface area contributed by atoms with Crippen LogP contribution in [0.25, 0.3) is 10.6 Å². The van der Waals surface area contributed by atoms with E-state index < -0.39 is 15.9 Å². The molecule has 9 heteroatoms. The fourth-order valence-electron chi connectivity index (χ4n) is 3.34. The normalized spacial score (nSPS) is 17.9. The molecule has 1 aliphatic heterocycles. The van der Waals surface area contributed by atoms with Crippen LogP contribution in [0.3, 0.4) is 0 Å². The number of sulfonamides is 1. The number of nitrogens with one attached hydrogen (secondary N) is 1. The second-order valence-corrected chi connectivity index (χ2v) is 10.0. The van der Waals surface area contributed by atoms with Crippen LogP contribution in [0, 0.1) is 5.92 Å². The number of thiophene rings is 1. The SMILES string of the molecule is C[C@@H]1CCCN(S(=O)(=O)c2ccc(NC(=O)c3cc(-c4cccs4)on3)cc2)C1. The Labute approximate surface area is 173 Å². The Kier molecular flexibility index (Phi) is 5.53. The summed E-state index contributed by atoms with van der Waals surface area (Å²) in [5.74, 6) is 0.470. The molecule has 1 saturated heterocycles. The molecule has 0 saturated carbocycles. The standard InChI is InChI=1S/C20H21N3O4S2/c1-14-4-2-10-23(13-14)29(25,26)16-8-6-15(7-9-16)21-20(24)17-12-18(27-22-17)19-5-3-11-28-19/h3,5-9,11-12,14H,2,4,10,13H2,1H3,(H,21,24)/t14-/m1/s1. The number of carbonyl (C=O) groups excluding carboxylic acids is 1. The van der Waals surface area contributed by atoms with Crippen molar-refractivity contribution in [3.63, 3.8) is 0 Å². The summed E-state index contributed by atoms with van der Waals surface area (Å²) in [6.07, 6.45) is 1.92. The van der Waals surface area contributed by atoms with Crippen LogP contribution in [0.2, 0.25) is 0 Å². The van der Waals surface area contributed by atoms with Gasteiger partial charge in [0, 0.05) is 24.8 Å². The average Bonchev–Trinajstić information content (AvgIpc) is 3.40. The van der Waals surface area contributed by atoms with E-state index in [0.29, 0.717) is 30.5 Å². The Morgan fingerprint density at radius 2 is 2.07 bits per heavy atom. The first-order chi connectivity index (χ1) is 13.9. The summed E-state index contributed by atoms with van der Waals surface area (Å²) in [4.78, 5) is 13.5. The Hall–Kier alpha value is -2.49. The quantitative estimate of drug-likeness (QED) is 0.657. The van der Waals surface area contributed by atoms with E-state index in [1.165, 1.54) is 27.8 Å². The number of hydrogen-bond acceptors (Lipinski definition) is 6. The maximum absolute atomic E-state index is 12.8. The summed E-state index contributed by atoms with van der Waals surface area (Å²) in [5.41, 5.74) is 0.647. The first-order valence-corrected chi connectivity index (χ1v) is 11.7. The molecular formula is C20H21N3O4S2. The lowest BCUT2D eigenvalue weighted by atomic mass is 10.0. The smallest absolute Gasteiger partial charge is 0.277 e. The molecule has 0 unspecified atom stereocenters. The van der Waals surface area contributed by atoms with Crippen LogP contribution in [0.4, 0.5) is 5.69 Å². The Bertz CT molecular complexity index is 1090. The van der Waals surface area contributed by atoms with E-state index in [1.54, 1.807) is 18.2 Å². The van der Waals surface area contributed by atoms with Crippen molar-refractivity contribution < 1.29 is 17.7 Å². The second-order valence-electron chi connectivity index (χ2n) is 7.14. The predicted octanol–water partition coefficient (Wildman–Crippen LogP) is 4.08. The lowest BCUT2D eigenvalue weighted by Crippen LogP contribution is -2.39. The molecule has 4 rings (SSSR count). The highest BCUT2D eigenvalue weighted by atomic mass is 32.2. The summed E-state index contributed by atoms with van der Waals surface area (Å²) in [7, 11) is -3.52. The van der Waals surface area contributed by atoms with Gasteiger partial charge in [-0.15, -0.1) is 11.3 Å². The lowest BCUT2D eigenvalue weighted by Gasteiger charge is -2.30. The summed E-state index contributed by atoms with van der Waals surface area (Å²) in [6.45, 7) is 3.15. The molecule has 1 atom stereocenters. The minimum Gasteiger partial charge on any atom is -0.355 e. The molecule has 2 aromatic heterocycles. The molecule has 0 aliphatic carbocycles. The van der Waals surface area contributed by atoms with E-state index in [4.69, 9.17) is 4.52 Å². The van der Waals surface area contributed by atoms with E-state index in [1.807, 2.05) is 17.5 Å². The van der Waals surface area contributed by atoms with E-state index in [0.717, 1.165) is 17.7 Å². The van der Waals surface area contributed by atoms with Crippen molar-refractivity contribution in [3.05, 3.63) is 53.5 Å². The van der Waals surface area contributed by atoms with Crippen LogP contribution in [0.15, 0.2) is 57.3 Å². The van der Waals surface area contributed by atoms with Crippen LogP contribution >= 0.6 is 11.3 Å². The van der Waals surface area contributed by atoms with E-state index in [9.17, 15) is 13.2 Å². The molecular weight excluding hydrogens is 410 g/mol. The maximum Gasteiger partial charge on any atom is 0.277 e. The van der Waals surface area contributed by atoms with Gasteiger partial charge in [-0.2, -0.15) is 4.31 Å². The zero-order valence-corrected chi connectivity index (χ0v) is 17.5. The van der Waals surface area contributed by atoms with Gasteiger partial charge in [0.05, 0.1) is 9.77 Å². The Balaban J connectivity index is 1.45. The first-order valence-electron chi connectivity index (χ1n) is 9.35. The van der Waals surface area contributed by atoms with Gasteiger partial charge in [-0.05, 0) is 54.5 Å². The van der Waals surface area contributed by atoms with Gasteiger partial charge in [0.25, 0.3) is 5.91 Å². The number of benzene rings is 1. The minimum atomic E-state index is -3.52. The third-order valence-electron chi connectivity index (χ3n) is 4.88. The fraction of sp³-hybridized carbons (Fsp3) is 0.300. The number of hydrogen-bond donors (Lipinski definition) is 1.